The van der Waals surface area contributed by atoms with E-state index in [9.17, 15) is 9.90 Å². The molecule has 1 amide bonds. The molecule has 0 heterocycles. The van der Waals surface area contributed by atoms with Crippen LogP contribution in [0, 0.1) is 5.53 Å². The maximum absolute atomic E-state index is 10.7. The Kier molecular flexibility index (Phi) is 3.03. The molecular weight excluding hydrogens is 206 g/mol. The van der Waals surface area contributed by atoms with Crippen LogP contribution in [0.25, 0.3) is 0 Å². The van der Waals surface area contributed by atoms with Crippen molar-refractivity contribution in [1.29, 1.82) is 5.53 Å². The molecule has 0 saturated carbocycles. The predicted molar refractivity (Wildman–Crippen MR) is 52.2 cm³/mol. The van der Waals surface area contributed by atoms with Gasteiger partial charge in [-0.25, -0.2) is 5.53 Å². The first-order valence-electron chi connectivity index (χ1n) is 3.72. The lowest BCUT2D eigenvalue weighted by molar-refractivity contribution is -0.114. The van der Waals surface area contributed by atoms with Crippen LogP contribution in [0.3, 0.4) is 0 Å². The third kappa shape index (κ3) is 2.20. The molecule has 1 aromatic rings. The van der Waals surface area contributed by atoms with E-state index in [0.717, 1.165) is 0 Å². The van der Waals surface area contributed by atoms with Gasteiger partial charge in [-0.1, -0.05) is 11.6 Å². The second kappa shape index (κ2) is 4.06. The number of anilines is 1. The van der Waals surface area contributed by atoms with Crippen LogP contribution < -0.4 is 5.32 Å². The van der Waals surface area contributed by atoms with Gasteiger partial charge in [-0.05, 0) is 12.1 Å². The fourth-order valence-electron chi connectivity index (χ4n) is 0.945. The lowest BCUT2D eigenvalue weighted by Crippen LogP contribution is -2.05. The standard InChI is InChI=1S/C8H8ClN3O2/c1-4(13)11-5-2-6(9)8(14)7(3-5)12-10/h2-3,10,14H,1H3,(H,11,13). The summed E-state index contributed by atoms with van der Waals surface area (Å²) in [4.78, 5) is 10.7. The maximum atomic E-state index is 10.7. The molecule has 0 radical (unpaired) electrons. The Hall–Kier alpha value is -1.62. The molecule has 1 aromatic carbocycles. The Morgan fingerprint density at radius 1 is 1.64 bits per heavy atom. The van der Waals surface area contributed by atoms with Crippen LogP contribution in [0.5, 0.6) is 5.75 Å². The van der Waals surface area contributed by atoms with Crippen LogP contribution in [-0.2, 0) is 4.79 Å². The van der Waals surface area contributed by atoms with Crippen molar-refractivity contribution in [3.05, 3.63) is 17.2 Å². The Morgan fingerprint density at radius 3 is 2.79 bits per heavy atom. The van der Waals surface area contributed by atoms with Gasteiger partial charge in [0.1, 0.15) is 5.69 Å². The van der Waals surface area contributed by atoms with Crippen LogP contribution in [0.15, 0.2) is 17.2 Å². The fraction of sp³-hybridized carbons (Fsp3) is 0.125. The molecule has 74 valence electrons. The quantitative estimate of drug-likeness (QED) is 0.521. The highest BCUT2D eigenvalue weighted by atomic mass is 35.5. The van der Waals surface area contributed by atoms with Crippen LogP contribution >= 0.6 is 11.6 Å². The van der Waals surface area contributed by atoms with Crippen LogP contribution in [-0.4, -0.2) is 11.0 Å². The maximum Gasteiger partial charge on any atom is 0.221 e. The van der Waals surface area contributed by atoms with Crippen molar-refractivity contribution < 1.29 is 9.90 Å². The molecule has 0 aliphatic carbocycles. The summed E-state index contributed by atoms with van der Waals surface area (Å²) < 4.78 is 0. The molecule has 0 aliphatic rings. The molecule has 0 aliphatic heterocycles. The molecule has 0 saturated heterocycles. The lowest BCUT2D eigenvalue weighted by Gasteiger charge is -2.05. The van der Waals surface area contributed by atoms with Gasteiger partial charge < -0.3 is 10.4 Å². The van der Waals surface area contributed by atoms with Gasteiger partial charge in [0.05, 0.1) is 5.02 Å². The van der Waals surface area contributed by atoms with E-state index >= 15 is 0 Å². The third-order valence-corrected chi connectivity index (χ3v) is 1.77. The van der Waals surface area contributed by atoms with Gasteiger partial charge in [-0.3, -0.25) is 4.79 Å². The number of aromatic hydroxyl groups is 1. The minimum atomic E-state index is -0.268. The summed E-state index contributed by atoms with van der Waals surface area (Å²) in [5.41, 5.74) is 7.16. The van der Waals surface area contributed by atoms with E-state index in [2.05, 4.69) is 10.4 Å². The average Bonchev–Trinajstić information content (AvgIpc) is 2.10. The van der Waals surface area contributed by atoms with E-state index in [1.54, 1.807) is 0 Å². The zero-order valence-electron chi connectivity index (χ0n) is 7.34. The monoisotopic (exact) mass is 213 g/mol. The molecule has 0 aromatic heterocycles. The molecule has 1 rings (SSSR count). The first-order chi connectivity index (χ1) is 6.54. The zero-order valence-corrected chi connectivity index (χ0v) is 8.09. The summed E-state index contributed by atoms with van der Waals surface area (Å²) in [7, 11) is 0. The van der Waals surface area contributed by atoms with Gasteiger partial charge in [-0.15, -0.1) is 0 Å². The second-order valence-electron chi connectivity index (χ2n) is 2.62. The van der Waals surface area contributed by atoms with Gasteiger partial charge in [0.25, 0.3) is 0 Å². The van der Waals surface area contributed by atoms with E-state index in [0.29, 0.717) is 5.69 Å². The first-order valence-corrected chi connectivity index (χ1v) is 4.10. The zero-order chi connectivity index (χ0) is 10.7. The molecule has 0 bridgehead atoms. The number of nitrogens with one attached hydrogen (secondary N) is 2. The van der Waals surface area contributed by atoms with Crippen molar-refractivity contribution >= 4 is 28.9 Å². The summed E-state index contributed by atoms with van der Waals surface area (Å²) in [5.74, 6) is -0.529. The number of phenols is 1. The number of hydrogen-bond donors (Lipinski definition) is 3. The molecule has 0 fully saturated rings. The van der Waals surface area contributed by atoms with Crippen molar-refractivity contribution in [2.45, 2.75) is 6.92 Å². The molecule has 14 heavy (non-hydrogen) atoms. The smallest absolute Gasteiger partial charge is 0.221 e. The summed E-state index contributed by atoms with van der Waals surface area (Å²) in [6, 6.07) is 2.74. The molecule has 5 nitrogen and oxygen atoms in total. The van der Waals surface area contributed by atoms with Gasteiger partial charge >= 0.3 is 0 Å². The molecule has 0 atom stereocenters. The Morgan fingerprint density at radius 2 is 2.29 bits per heavy atom. The SMILES string of the molecule is CC(=O)Nc1cc(Cl)c(O)c(N=N)c1. The van der Waals surface area contributed by atoms with Crippen molar-refractivity contribution in [3.8, 4) is 5.75 Å². The van der Waals surface area contributed by atoms with Crippen molar-refractivity contribution in [2.75, 3.05) is 5.32 Å². The summed E-state index contributed by atoms with van der Waals surface area (Å²) in [6.45, 7) is 1.35. The average molecular weight is 214 g/mol. The Balaban J connectivity index is 3.15. The van der Waals surface area contributed by atoms with Crippen LogP contribution in [0.1, 0.15) is 6.92 Å². The summed E-state index contributed by atoms with van der Waals surface area (Å²) >= 11 is 5.64. The first kappa shape index (κ1) is 10.5. The highest BCUT2D eigenvalue weighted by molar-refractivity contribution is 6.32. The summed E-state index contributed by atoms with van der Waals surface area (Å²) in [6.07, 6.45) is 0. The van der Waals surface area contributed by atoms with E-state index in [1.807, 2.05) is 0 Å². The Bertz CT molecular complexity index is 392. The lowest BCUT2D eigenvalue weighted by atomic mass is 10.2. The van der Waals surface area contributed by atoms with E-state index < -0.39 is 0 Å². The number of rotatable bonds is 2. The van der Waals surface area contributed by atoms with E-state index in [-0.39, 0.29) is 22.4 Å². The van der Waals surface area contributed by atoms with Crippen molar-refractivity contribution in [2.24, 2.45) is 5.11 Å². The number of carbonyl (C=O) groups excluding carboxylic acids is 1. The third-order valence-electron chi connectivity index (χ3n) is 1.48. The fourth-order valence-corrected chi connectivity index (χ4v) is 1.16. The number of halogens is 1. The number of nitrogens with zero attached hydrogens (tertiary/aromatic N) is 1. The van der Waals surface area contributed by atoms with Crippen LogP contribution in [0.2, 0.25) is 5.02 Å². The van der Waals surface area contributed by atoms with Crippen LogP contribution in [0.4, 0.5) is 11.4 Å². The minimum Gasteiger partial charge on any atom is -0.504 e. The van der Waals surface area contributed by atoms with Gasteiger partial charge in [-0.2, -0.15) is 5.11 Å². The molecule has 6 heteroatoms. The van der Waals surface area contributed by atoms with Gasteiger partial charge in [0, 0.05) is 12.6 Å². The van der Waals surface area contributed by atoms with Gasteiger partial charge in [0.2, 0.25) is 5.91 Å². The molecular formula is C8H8ClN3O2. The number of carbonyl (C=O) groups is 1. The molecule has 3 N–H and O–H groups in total. The molecule has 0 unspecified atom stereocenters. The number of phenolic OH excluding ortho intramolecular Hbond substituents is 1. The van der Waals surface area contributed by atoms with E-state index in [1.165, 1.54) is 19.1 Å². The highest BCUT2D eigenvalue weighted by Crippen LogP contribution is 2.36. The molecule has 0 spiro atoms. The number of amides is 1. The minimum absolute atomic E-state index is 0.0150. The highest BCUT2D eigenvalue weighted by Gasteiger charge is 2.08. The number of benzene rings is 1. The summed E-state index contributed by atoms with van der Waals surface area (Å²) in [5, 5.41) is 14.9. The van der Waals surface area contributed by atoms with Crippen molar-refractivity contribution in [1.82, 2.24) is 0 Å². The van der Waals surface area contributed by atoms with E-state index in [4.69, 9.17) is 17.1 Å². The largest absolute Gasteiger partial charge is 0.504 e. The Labute approximate surface area is 85.2 Å². The predicted octanol–water partition coefficient (Wildman–Crippen LogP) is 2.67. The topological polar surface area (TPSA) is 85.5 Å². The normalized spacial score (nSPS) is 9.57. The van der Waals surface area contributed by atoms with Crippen molar-refractivity contribution in [3.63, 3.8) is 0 Å². The second-order valence-corrected chi connectivity index (χ2v) is 3.03. The number of hydrogen-bond acceptors (Lipinski definition) is 4. The van der Waals surface area contributed by atoms with Gasteiger partial charge in [0.15, 0.2) is 5.75 Å².